The van der Waals surface area contributed by atoms with E-state index in [9.17, 15) is 4.79 Å². The number of thioether (sulfide) groups is 1. The van der Waals surface area contributed by atoms with Gasteiger partial charge in [-0.3, -0.25) is 9.20 Å². The van der Waals surface area contributed by atoms with Gasteiger partial charge in [0.05, 0.1) is 16.7 Å². The molecule has 3 heterocycles. The Bertz CT molecular complexity index is 1200. The molecule has 0 N–H and O–H groups in total. The quantitative estimate of drug-likeness (QED) is 0.457. The number of nitrogens with zero attached hydrogens (tertiary/aromatic N) is 4. The van der Waals surface area contributed by atoms with Crippen LogP contribution in [0, 0.1) is 6.92 Å². The lowest BCUT2D eigenvalue weighted by Crippen LogP contribution is -2.15. The standard InChI is InChI=1S/C20H19ClN4OS/c1-3-8-24-17-7-6-14(21)10-16(17)23-20(24)27-12-15-11-18(26)25-9-4-5-13(2)19(25)22-15/h4-7,9-11H,3,8,12H2,1-2H3. The SMILES string of the molecule is CCCn1c(SCc2cc(=O)n3cccc(C)c3n2)nc2cc(Cl)ccc21. The fourth-order valence-corrected chi connectivity index (χ4v) is 4.25. The van der Waals surface area contributed by atoms with E-state index in [0.29, 0.717) is 16.4 Å². The summed E-state index contributed by atoms with van der Waals surface area (Å²) in [5.41, 5.74) is 4.34. The van der Waals surface area contributed by atoms with Crippen LogP contribution in [-0.2, 0) is 12.3 Å². The Morgan fingerprint density at radius 3 is 2.85 bits per heavy atom. The van der Waals surface area contributed by atoms with Gasteiger partial charge in [-0.15, -0.1) is 0 Å². The lowest BCUT2D eigenvalue weighted by molar-refractivity contribution is 0.638. The number of benzene rings is 1. The number of rotatable bonds is 5. The zero-order valence-electron chi connectivity index (χ0n) is 15.1. The average molecular weight is 399 g/mol. The van der Waals surface area contributed by atoms with E-state index >= 15 is 0 Å². The minimum atomic E-state index is -0.0619. The predicted molar refractivity (Wildman–Crippen MR) is 111 cm³/mol. The van der Waals surface area contributed by atoms with Gasteiger partial charge in [-0.05, 0) is 43.2 Å². The summed E-state index contributed by atoms with van der Waals surface area (Å²) in [7, 11) is 0. The van der Waals surface area contributed by atoms with E-state index in [4.69, 9.17) is 16.6 Å². The van der Waals surface area contributed by atoms with Crippen molar-refractivity contribution in [2.24, 2.45) is 0 Å². The van der Waals surface area contributed by atoms with Crippen molar-refractivity contribution in [3.8, 4) is 0 Å². The molecular weight excluding hydrogens is 380 g/mol. The number of aromatic nitrogens is 4. The lowest BCUT2D eigenvalue weighted by atomic mass is 10.3. The Labute approximate surface area is 166 Å². The second-order valence-corrected chi connectivity index (χ2v) is 7.82. The lowest BCUT2D eigenvalue weighted by Gasteiger charge is -2.08. The summed E-state index contributed by atoms with van der Waals surface area (Å²) in [6.07, 6.45) is 2.76. The first-order valence-corrected chi connectivity index (χ1v) is 10.2. The van der Waals surface area contributed by atoms with E-state index in [-0.39, 0.29) is 5.56 Å². The van der Waals surface area contributed by atoms with Crippen molar-refractivity contribution in [2.75, 3.05) is 0 Å². The van der Waals surface area contributed by atoms with Crippen molar-refractivity contribution < 1.29 is 0 Å². The number of fused-ring (bicyclic) bond motifs is 2. The van der Waals surface area contributed by atoms with Crippen LogP contribution in [0.4, 0.5) is 0 Å². The van der Waals surface area contributed by atoms with E-state index in [1.165, 1.54) is 0 Å². The maximum atomic E-state index is 12.4. The first-order valence-electron chi connectivity index (χ1n) is 8.83. The van der Waals surface area contributed by atoms with Crippen molar-refractivity contribution in [1.82, 2.24) is 18.9 Å². The van der Waals surface area contributed by atoms with E-state index < -0.39 is 0 Å². The van der Waals surface area contributed by atoms with Crippen molar-refractivity contribution in [3.05, 3.63) is 69.2 Å². The van der Waals surface area contributed by atoms with Crippen LogP contribution < -0.4 is 5.56 Å². The molecule has 0 saturated heterocycles. The van der Waals surface area contributed by atoms with Gasteiger partial charge in [0.25, 0.3) is 5.56 Å². The van der Waals surface area contributed by atoms with Crippen LogP contribution >= 0.6 is 23.4 Å². The van der Waals surface area contributed by atoms with Gasteiger partial charge in [-0.25, -0.2) is 9.97 Å². The summed E-state index contributed by atoms with van der Waals surface area (Å²) < 4.78 is 3.79. The fourth-order valence-electron chi connectivity index (χ4n) is 3.15. The maximum absolute atomic E-state index is 12.4. The van der Waals surface area contributed by atoms with E-state index in [1.807, 2.05) is 37.3 Å². The summed E-state index contributed by atoms with van der Waals surface area (Å²) >= 11 is 7.71. The van der Waals surface area contributed by atoms with Crippen LogP contribution in [0.5, 0.6) is 0 Å². The summed E-state index contributed by atoms with van der Waals surface area (Å²) in [6, 6.07) is 11.2. The molecule has 0 fully saturated rings. The Morgan fingerprint density at radius 1 is 1.19 bits per heavy atom. The second-order valence-electron chi connectivity index (χ2n) is 6.44. The number of aryl methyl sites for hydroxylation is 2. The highest BCUT2D eigenvalue weighted by atomic mass is 35.5. The van der Waals surface area contributed by atoms with Crippen molar-refractivity contribution >= 4 is 40.0 Å². The van der Waals surface area contributed by atoms with Crippen molar-refractivity contribution in [3.63, 3.8) is 0 Å². The maximum Gasteiger partial charge on any atom is 0.258 e. The van der Waals surface area contributed by atoms with E-state index in [2.05, 4.69) is 16.5 Å². The van der Waals surface area contributed by atoms with Gasteiger partial charge in [-0.1, -0.05) is 36.4 Å². The zero-order chi connectivity index (χ0) is 19.0. The molecule has 0 amide bonds. The zero-order valence-corrected chi connectivity index (χ0v) is 16.7. The molecule has 138 valence electrons. The number of imidazole rings is 1. The van der Waals surface area contributed by atoms with Crippen LogP contribution in [0.1, 0.15) is 24.6 Å². The normalized spacial score (nSPS) is 11.5. The summed E-state index contributed by atoms with van der Waals surface area (Å²) in [4.78, 5) is 21.8. The van der Waals surface area contributed by atoms with Gasteiger partial charge < -0.3 is 4.57 Å². The summed E-state index contributed by atoms with van der Waals surface area (Å²) in [5, 5.41) is 1.60. The van der Waals surface area contributed by atoms with Gasteiger partial charge in [0.1, 0.15) is 5.65 Å². The minimum absolute atomic E-state index is 0.0619. The molecule has 27 heavy (non-hydrogen) atoms. The number of hydrogen-bond acceptors (Lipinski definition) is 4. The van der Waals surface area contributed by atoms with Gasteiger partial charge in [0.2, 0.25) is 0 Å². The molecule has 0 unspecified atom stereocenters. The molecule has 0 aliphatic heterocycles. The van der Waals surface area contributed by atoms with Crippen LogP contribution in [0.25, 0.3) is 16.7 Å². The number of pyridine rings is 1. The smallest absolute Gasteiger partial charge is 0.258 e. The molecular formula is C20H19ClN4OS. The highest BCUT2D eigenvalue weighted by Gasteiger charge is 2.12. The molecule has 3 aromatic heterocycles. The average Bonchev–Trinajstić information content (AvgIpc) is 2.98. The summed E-state index contributed by atoms with van der Waals surface area (Å²) in [5.74, 6) is 0.584. The van der Waals surface area contributed by atoms with Crippen LogP contribution in [-0.4, -0.2) is 18.9 Å². The third-order valence-corrected chi connectivity index (χ3v) is 5.66. The molecule has 0 aliphatic carbocycles. The molecule has 7 heteroatoms. The number of halogens is 1. The number of hydrogen-bond donors (Lipinski definition) is 0. The first kappa shape index (κ1) is 18.1. The predicted octanol–water partition coefficient (Wildman–Crippen LogP) is 4.71. The first-order chi connectivity index (χ1) is 13.1. The van der Waals surface area contributed by atoms with Crippen molar-refractivity contribution in [1.29, 1.82) is 0 Å². The summed E-state index contributed by atoms with van der Waals surface area (Å²) in [6.45, 7) is 4.99. The topological polar surface area (TPSA) is 52.2 Å². The van der Waals surface area contributed by atoms with Gasteiger partial charge >= 0.3 is 0 Å². The molecule has 0 atom stereocenters. The molecule has 1 aromatic carbocycles. The Morgan fingerprint density at radius 2 is 2.04 bits per heavy atom. The Hall–Kier alpha value is -2.31. The molecule has 0 bridgehead atoms. The molecule has 4 aromatic rings. The van der Waals surface area contributed by atoms with Crippen LogP contribution in [0.3, 0.4) is 0 Å². The molecule has 5 nitrogen and oxygen atoms in total. The van der Waals surface area contributed by atoms with Gasteiger partial charge in [0, 0.05) is 29.6 Å². The third kappa shape index (κ3) is 3.47. The molecule has 0 spiro atoms. The van der Waals surface area contributed by atoms with E-state index in [0.717, 1.165) is 40.4 Å². The van der Waals surface area contributed by atoms with Crippen molar-refractivity contribution in [2.45, 2.75) is 37.7 Å². The molecule has 0 radical (unpaired) electrons. The third-order valence-electron chi connectivity index (χ3n) is 4.41. The van der Waals surface area contributed by atoms with Crippen LogP contribution in [0.2, 0.25) is 5.02 Å². The van der Waals surface area contributed by atoms with E-state index in [1.54, 1.807) is 28.4 Å². The second kappa shape index (κ2) is 7.37. The molecule has 0 saturated carbocycles. The monoisotopic (exact) mass is 398 g/mol. The highest BCUT2D eigenvalue weighted by Crippen LogP contribution is 2.28. The highest BCUT2D eigenvalue weighted by molar-refractivity contribution is 7.98. The van der Waals surface area contributed by atoms with Gasteiger partial charge in [-0.2, -0.15) is 0 Å². The Kier molecular flexibility index (Phi) is 4.93. The molecule has 0 aliphatic rings. The van der Waals surface area contributed by atoms with Crippen LogP contribution in [0.15, 0.2) is 52.5 Å². The largest absolute Gasteiger partial charge is 0.319 e. The Balaban J connectivity index is 1.69. The fraction of sp³-hybridized carbons (Fsp3) is 0.250. The molecule has 4 rings (SSSR count). The van der Waals surface area contributed by atoms with Gasteiger partial charge in [0.15, 0.2) is 5.16 Å². The minimum Gasteiger partial charge on any atom is -0.319 e.